The predicted octanol–water partition coefficient (Wildman–Crippen LogP) is 2.74. The highest BCUT2D eigenvalue weighted by atomic mass is 15.3. The molecule has 1 saturated carbocycles. The topological polar surface area (TPSA) is 42.7 Å². The summed E-state index contributed by atoms with van der Waals surface area (Å²) in [6, 6.07) is 0. The van der Waals surface area contributed by atoms with E-state index < -0.39 is 0 Å². The standard InChI is InChI=1S/C16H26N4/c1-12-4-3-5-13(2)15(12)10-17-8-9-20-11-18-19-16(20)14-6-7-14/h4,11,13-15,17H,3,5-10H2,1-2H3/t13-,15+/m0/s1. The number of nitrogens with one attached hydrogen (secondary N) is 1. The Hall–Kier alpha value is -1.16. The zero-order valence-electron chi connectivity index (χ0n) is 12.7. The summed E-state index contributed by atoms with van der Waals surface area (Å²) in [5.74, 6) is 3.40. The molecule has 0 unspecified atom stereocenters. The summed E-state index contributed by atoms with van der Waals surface area (Å²) in [7, 11) is 0. The van der Waals surface area contributed by atoms with Crippen LogP contribution in [0.25, 0.3) is 0 Å². The highest BCUT2D eigenvalue weighted by molar-refractivity contribution is 5.09. The van der Waals surface area contributed by atoms with Crippen molar-refractivity contribution in [3.8, 4) is 0 Å². The first-order chi connectivity index (χ1) is 9.75. The number of allylic oxidation sites excluding steroid dienone is 1. The Morgan fingerprint density at radius 1 is 1.35 bits per heavy atom. The number of aromatic nitrogens is 3. The van der Waals surface area contributed by atoms with Gasteiger partial charge in [0, 0.05) is 25.6 Å². The Bertz CT molecular complexity index is 473. The minimum atomic E-state index is 0.682. The van der Waals surface area contributed by atoms with Gasteiger partial charge in [0.15, 0.2) is 0 Å². The van der Waals surface area contributed by atoms with Gasteiger partial charge >= 0.3 is 0 Å². The smallest absolute Gasteiger partial charge is 0.135 e. The normalized spacial score (nSPS) is 26.6. The molecule has 2 atom stereocenters. The zero-order chi connectivity index (χ0) is 13.9. The number of nitrogens with zero attached hydrogens (tertiary/aromatic N) is 3. The molecule has 110 valence electrons. The molecule has 0 spiro atoms. The molecule has 0 aromatic carbocycles. The van der Waals surface area contributed by atoms with E-state index in [-0.39, 0.29) is 0 Å². The van der Waals surface area contributed by atoms with Gasteiger partial charge in [-0.25, -0.2) is 0 Å². The fourth-order valence-corrected chi connectivity index (χ4v) is 3.29. The van der Waals surface area contributed by atoms with E-state index in [1.165, 1.54) is 31.5 Å². The average molecular weight is 274 g/mol. The average Bonchev–Trinajstić information content (AvgIpc) is 3.17. The molecular formula is C16H26N4. The van der Waals surface area contributed by atoms with Crippen LogP contribution in [0.5, 0.6) is 0 Å². The summed E-state index contributed by atoms with van der Waals surface area (Å²) in [4.78, 5) is 0. The van der Waals surface area contributed by atoms with Crippen molar-refractivity contribution in [3.05, 3.63) is 23.8 Å². The first-order valence-electron chi connectivity index (χ1n) is 8.00. The Morgan fingerprint density at radius 3 is 2.95 bits per heavy atom. The third kappa shape index (κ3) is 3.11. The predicted molar refractivity (Wildman–Crippen MR) is 80.5 cm³/mol. The molecule has 1 aromatic rings. The van der Waals surface area contributed by atoms with Crippen LogP contribution in [0.15, 0.2) is 18.0 Å². The van der Waals surface area contributed by atoms with E-state index in [0.717, 1.165) is 25.6 Å². The minimum absolute atomic E-state index is 0.682. The first kappa shape index (κ1) is 13.8. The zero-order valence-corrected chi connectivity index (χ0v) is 12.7. The molecule has 0 aliphatic heterocycles. The van der Waals surface area contributed by atoms with Crippen molar-refractivity contribution in [1.82, 2.24) is 20.1 Å². The van der Waals surface area contributed by atoms with Crippen LogP contribution in [0.2, 0.25) is 0 Å². The second-order valence-electron chi connectivity index (χ2n) is 6.47. The highest BCUT2D eigenvalue weighted by Gasteiger charge is 2.28. The van der Waals surface area contributed by atoms with Crippen LogP contribution in [-0.4, -0.2) is 27.9 Å². The molecule has 0 amide bonds. The lowest BCUT2D eigenvalue weighted by atomic mass is 9.80. The molecule has 4 nitrogen and oxygen atoms in total. The van der Waals surface area contributed by atoms with Crippen LogP contribution in [-0.2, 0) is 6.54 Å². The van der Waals surface area contributed by atoms with Crippen LogP contribution in [0.4, 0.5) is 0 Å². The summed E-state index contributed by atoms with van der Waals surface area (Å²) in [6.45, 7) is 7.77. The fourth-order valence-electron chi connectivity index (χ4n) is 3.29. The largest absolute Gasteiger partial charge is 0.316 e. The molecule has 4 heteroatoms. The summed E-state index contributed by atoms with van der Waals surface area (Å²) < 4.78 is 2.22. The highest BCUT2D eigenvalue weighted by Crippen LogP contribution is 2.38. The molecule has 0 radical (unpaired) electrons. The summed E-state index contributed by atoms with van der Waals surface area (Å²) in [5, 5.41) is 11.9. The van der Waals surface area contributed by atoms with Crippen molar-refractivity contribution < 1.29 is 0 Å². The molecular weight excluding hydrogens is 248 g/mol. The van der Waals surface area contributed by atoms with Crippen LogP contribution < -0.4 is 5.32 Å². The van der Waals surface area contributed by atoms with Crippen LogP contribution in [0.3, 0.4) is 0 Å². The molecule has 2 aliphatic rings. The van der Waals surface area contributed by atoms with E-state index in [1.807, 2.05) is 6.33 Å². The maximum absolute atomic E-state index is 4.25. The first-order valence-corrected chi connectivity index (χ1v) is 8.00. The molecule has 1 fully saturated rings. The molecule has 1 heterocycles. The summed E-state index contributed by atoms with van der Waals surface area (Å²) in [5.41, 5.74) is 1.57. The van der Waals surface area contributed by atoms with Gasteiger partial charge in [-0.1, -0.05) is 18.6 Å². The quantitative estimate of drug-likeness (QED) is 0.640. The van der Waals surface area contributed by atoms with Crippen LogP contribution >= 0.6 is 0 Å². The Labute approximate surface area is 121 Å². The lowest BCUT2D eigenvalue weighted by Gasteiger charge is -2.29. The maximum Gasteiger partial charge on any atom is 0.135 e. The lowest BCUT2D eigenvalue weighted by molar-refractivity contribution is 0.348. The molecule has 2 aliphatic carbocycles. The molecule has 20 heavy (non-hydrogen) atoms. The number of hydrogen-bond donors (Lipinski definition) is 1. The van der Waals surface area contributed by atoms with Crippen molar-refractivity contribution in [2.45, 2.75) is 52.0 Å². The molecule has 1 N–H and O–H groups in total. The summed E-state index contributed by atoms with van der Waals surface area (Å²) in [6.07, 6.45) is 9.46. The van der Waals surface area contributed by atoms with E-state index in [0.29, 0.717) is 11.8 Å². The Kier molecular flexibility index (Phi) is 4.20. The van der Waals surface area contributed by atoms with Gasteiger partial charge in [0.25, 0.3) is 0 Å². The third-order valence-electron chi connectivity index (χ3n) is 4.84. The van der Waals surface area contributed by atoms with Gasteiger partial charge in [-0.15, -0.1) is 10.2 Å². The summed E-state index contributed by atoms with van der Waals surface area (Å²) >= 11 is 0. The van der Waals surface area contributed by atoms with E-state index in [4.69, 9.17) is 0 Å². The Morgan fingerprint density at radius 2 is 2.20 bits per heavy atom. The second kappa shape index (κ2) is 6.08. The Balaban J connectivity index is 1.44. The van der Waals surface area contributed by atoms with Crippen molar-refractivity contribution >= 4 is 0 Å². The third-order valence-corrected chi connectivity index (χ3v) is 4.84. The van der Waals surface area contributed by atoms with Gasteiger partial charge in [0.05, 0.1) is 0 Å². The maximum atomic E-state index is 4.25. The van der Waals surface area contributed by atoms with Gasteiger partial charge in [0.2, 0.25) is 0 Å². The molecule has 3 rings (SSSR count). The van der Waals surface area contributed by atoms with E-state index in [1.54, 1.807) is 5.57 Å². The SMILES string of the molecule is CC1=CCC[C@H](C)[C@@H]1CNCCn1cnnc1C1CC1. The van der Waals surface area contributed by atoms with Gasteiger partial charge < -0.3 is 9.88 Å². The van der Waals surface area contributed by atoms with Gasteiger partial charge in [-0.05, 0) is 44.4 Å². The number of rotatable bonds is 6. The lowest BCUT2D eigenvalue weighted by Crippen LogP contribution is -2.31. The van der Waals surface area contributed by atoms with Gasteiger partial charge in [-0.2, -0.15) is 0 Å². The van der Waals surface area contributed by atoms with Crippen LogP contribution in [0, 0.1) is 11.8 Å². The van der Waals surface area contributed by atoms with Crippen molar-refractivity contribution in [1.29, 1.82) is 0 Å². The van der Waals surface area contributed by atoms with E-state index in [2.05, 4.69) is 40.0 Å². The fraction of sp³-hybridized carbons (Fsp3) is 0.750. The van der Waals surface area contributed by atoms with Gasteiger partial charge in [0.1, 0.15) is 12.2 Å². The van der Waals surface area contributed by atoms with Crippen molar-refractivity contribution in [2.24, 2.45) is 11.8 Å². The van der Waals surface area contributed by atoms with E-state index >= 15 is 0 Å². The van der Waals surface area contributed by atoms with Crippen molar-refractivity contribution in [2.75, 3.05) is 13.1 Å². The molecule has 1 aromatic heterocycles. The van der Waals surface area contributed by atoms with Gasteiger partial charge in [-0.3, -0.25) is 0 Å². The number of hydrogen-bond acceptors (Lipinski definition) is 3. The van der Waals surface area contributed by atoms with Crippen LogP contribution in [0.1, 0.15) is 51.3 Å². The van der Waals surface area contributed by atoms with E-state index in [9.17, 15) is 0 Å². The van der Waals surface area contributed by atoms with Crippen molar-refractivity contribution in [3.63, 3.8) is 0 Å². The molecule has 0 bridgehead atoms. The monoisotopic (exact) mass is 274 g/mol. The second-order valence-corrected chi connectivity index (χ2v) is 6.47. The minimum Gasteiger partial charge on any atom is -0.316 e. The molecule has 0 saturated heterocycles.